The average molecular weight is 288 g/mol. The molecule has 0 fully saturated rings. The summed E-state index contributed by atoms with van der Waals surface area (Å²) >= 11 is 0. The first kappa shape index (κ1) is 17.9. The predicted molar refractivity (Wildman–Crippen MR) is 92.3 cm³/mol. The topological polar surface area (TPSA) is 17.1 Å². The highest BCUT2D eigenvalue weighted by Gasteiger charge is 2.14. The zero-order valence-corrected chi connectivity index (χ0v) is 14.4. The molecule has 0 aliphatic carbocycles. The molecule has 1 rings (SSSR count). The summed E-state index contributed by atoms with van der Waals surface area (Å²) < 4.78 is 0. The van der Waals surface area contributed by atoms with E-state index in [-0.39, 0.29) is 5.78 Å². The number of hydrogen-bond acceptors (Lipinski definition) is 1. The van der Waals surface area contributed by atoms with Crippen LogP contribution in [0.3, 0.4) is 0 Å². The molecule has 0 spiro atoms. The van der Waals surface area contributed by atoms with Crippen LogP contribution in [0.5, 0.6) is 0 Å². The maximum atomic E-state index is 12.1. The molecule has 21 heavy (non-hydrogen) atoms. The lowest BCUT2D eigenvalue weighted by Crippen LogP contribution is -2.07. The molecule has 0 unspecified atom stereocenters. The van der Waals surface area contributed by atoms with E-state index in [1.54, 1.807) is 6.92 Å². The first-order chi connectivity index (χ1) is 10.1. The van der Waals surface area contributed by atoms with Crippen molar-refractivity contribution in [3.05, 3.63) is 34.4 Å². The third-order valence-electron chi connectivity index (χ3n) is 4.13. The minimum atomic E-state index is 0.245. The highest BCUT2D eigenvalue weighted by molar-refractivity contribution is 5.97. The van der Waals surface area contributed by atoms with E-state index in [2.05, 4.69) is 32.9 Å². The molecule has 1 heteroatoms. The van der Waals surface area contributed by atoms with Gasteiger partial charge in [0.1, 0.15) is 0 Å². The molecule has 1 aromatic rings. The molecular formula is C20H32O. The van der Waals surface area contributed by atoms with Crippen molar-refractivity contribution in [1.82, 2.24) is 0 Å². The first-order valence-electron chi connectivity index (χ1n) is 8.79. The number of unbranched alkanes of at least 4 members (excludes halogenated alkanes) is 3. The van der Waals surface area contributed by atoms with Crippen molar-refractivity contribution in [2.45, 2.75) is 85.5 Å². The van der Waals surface area contributed by atoms with Crippen molar-refractivity contribution in [2.24, 2.45) is 0 Å². The number of ketones is 1. The summed E-state index contributed by atoms with van der Waals surface area (Å²) in [4.78, 5) is 12.1. The summed E-state index contributed by atoms with van der Waals surface area (Å²) in [5, 5.41) is 0. The van der Waals surface area contributed by atoms with Crippen LogP contribution in [0.15, 0.2) is 12.1 Å². The van der Waals surface area contributed by atoms with Gasteiger partial charge in [0, 0.05) is 5.56 Å². The fraction of sp³-hybridized carbons (Fsp3) is 0.650. The maximum absolute atomic E-state index is 12.1. The van der Waals surface area contributed by atoms with Gasteiger partial charge in [0.15, 0.2) is 5.78 Å². The van der Waals surface area contributed by atoms with Crippen molar-refractivity contribution < 1.29 is 4.79 Å². The number of benzene rings is 1. The van der Waals surface area contributed by atoms with Crippen LogP contribution in [0, 0.1) is 0 Å². The van der Waals surface area contributed by atoms with E-state index < -0.39 is 0 Å². The second-order valence-electron chi connectivity index (χ2n) is 6.16. The molecule has 0 heterocycles. The largest absolute Gasteiger partial charge is 0.294 e. The molecule has 0 bridgehead atoms. The van der Waals surface area contributed by atoms with Crippen LogP contribution in [-0.2, 0) is 19.3 Å². The van der Waals surface area contributed by atoms with Crippen molar-refractivity contribution in [2.75, 3.05) is 0 Å². The van der Waals surface area contributed by atoms with Crippen molar-refractivity contribution >= 4 is 5.78 Å². The van der Waals surface area contributed by atoms with Gasteiger partial charge in [-0.15, -0.1) is 0 Å². The molecule has 0 amide bonds. The Bertz CT molecular complexity index is 416. The molecule has 0 atom stereocenters. The molecule has 0 saturated carbocycles. The van der Waals surface area contributed by atoms with Gasteiger partial charge < -0.3 is 0 Å². The third kappa shape index (κ3) is 5.65. The fourth-order valence-corrected chi connectivity index (χ4v) is 2.95. The average Bonchev–Trinajstić information content (AvgIpc) is 2.47. The highest BCUT2D eigenvalue weighted by Crippen LogP contribution is 2.23. The Kier molecular flexibility index (Phi) is 8.34. The van der Waals surface area contributed by atoms with Crippen LogP contribution in [0.2, 0.25) is 0 Å². The summed E-state index contributed by atoms with van der Waals surface area (Å²) in [7, 11) is 0. The van der Waals surface area contributed by atoms with Gasteiger partial charge >= 0.3 is 0 Å². The molecular weight excluding hydrogens is 256 g/mol. The molecule has 0 saturated heterocycles. The first-order valence-corrected chi connectivity index (χ1v) is 8.79. The van der Waals surface area contributed by atoms with Crippen LogP contribution in [-0.4, -0.2) is 5.78 Å². The maximum Gasteiger partial charge on any atom is 0.160 e. The molecule has 1 nitrogen and oxygen atoms in total. The van der Waals surface area contributed by atoms with Gasteiger partial charge in [-0.05, 0) is 62.1 Å². The standard InChI is InChI=1S/C20H32O/c1-5-8-11-17-14-18(12-9-6-2)20(16(4)21)19(15-17)13-10-7-3/h14-15H,5-13H2,1-4H3. The van der Waals surface area contributed by atoms with E-state index in [1.807, 2.05) is 0 Å². The predicted octanol–water partition coefficient (Wildman–Crippen LogP) is 5.92. The molecule has 1 aromatic carbocycles. The van der Waals surface area contributed by atoms with Gasteiger partial charge in [0.25, 0.3) is 0 Å². The van der Waals surface area contributed by atoms with E-state index >= 15 is 0 Å². The number of aryl methyl sites for hydroxylation is 3. The second-order valence-corrected chi connectivity index (χ2v) is 6.16. The van der Waals surface area contributed by atoms with Crippen LogP contribution in [0.1, 0.15) is 93.3 Å². The van der Waals surface area contributed by atoms with Crippen LogP contribution < -0.4 is 0 Å². The normalized spacial score (nSPS) is 10.9. The summed E-state index contributed by atoms with van der Waals surface area (Å²) in [5.41, 5.74) is 5.05. The Morgan fingerprint density at radius 2 is 1.24 bits per heavy atom. The second kappa shape index (κ2) is 9.76. The Morgan fingerprint density at radius 1 is 0.810 bits per heavy atom. The smallest absolute Gasteiger partial charge is 0.160 e. The van der Waals surface area contributed by atoms with Gasteiger partial charge in [0.2, 0.25) is 0 Å². The molecule has 0 aliphatic heterocycles. The van der Waals surface area contributed by atoms with Crippen molar-refractivity contribution in [1.29, 1.82) is 0 Å². The number of carbonyl (C=O) groups is 1. The van der Waals surface area contributed by atoms with Gasteiger partial charge in [-0.2, -0.15) is 0 Å². The van der Waals surface area contributed by atoms with E-state index in [0.29, 0.717) is 0 Å². The zero-order valence-electron chi connectivity index (χ0n) is 14.4. The summed E-state index contributed by atoms with van der Waals surface area (Å²) in [6.07, 6.45) is 10.4. The summed E-state index contributed by atoms with van der Waals surface area (Å²) in [5.74, 6) is 0.245. The van der Waals surface area contributed by atoms with E-state index in [0.717, 1.165) is 24.8 Å². The van der Waals surface area contributed by atoms with Gasteiger partial charge in [-0.1, -0.05) is 52.2 Å². The van der Waals surface area contributed by atoms with Gasteiger partial charge in [0.05, 0.1) is 0 Å². The lowest BCUT2D eigenvalue weighted by Gasteiger charge is -2.15. The van der Waals surface area contributed by atoms with E-state index in [1.165, 1.54) is 55.2 Å². The number of Topliss-reactive ketones (excluding diaryl/α,β-unsaturated/α-hetero) is 1. The Balaban J connectivity index is 3.17. The molecule has 118 valence electrons. The number of carbonyl (C=O) groups excluding carboxylic acids is 1. The van der Waals surface area contributed by atoms with Crippen LogP contribution in [0.25, 0.3) is 0 Å². The third-order valence-corrected chi connectivity index (χ3v) is 4.13. The fourth-order valence-electron chi connectivity index (χ4n) is 2.95. The van der Waals surface area contributed by atoms with Crippen molar-refractivity contribution in [3.8, 4) is 0 Å². The number of hydrogen-bond donors (Lipinski definition) is 0. The van der Waals surface area contributed by atoms with Crippen LogP contribution >= 0.6 is 0 Å². The lowest BCUT2D eigenvalue weighted by atomic mass is 9.89. The van der Waals surface area contributed by atoms with Crippen molar-refractivity contribution in [3.63, 3.8) is 0 Å². The summed E-state index contributed by atoms with van der Waals surface area (Å²) in [6, 6.07) is 4.61. The van der Waals surface area contributed by atoms with E-state index in [9.17, 15) is 4.79 Å². The van der Waals surface area contributed by atoms with Gasteiger partial charge in [-0.25, -0.2) is 0 Å². The summed E-state index contributed by atoms with van der Waals surface area (Å²) in [6.45, 7) is 8.39. The Hall–Kier alpha value is -1.11. The Morgan fingerprint density at radius 3 is 1.62 bits per heavy atom. The monoisotopic (exact) mass is 288 g/mol. The SMILES string of the molecule is CCCCc1cc(CCCC)c(C(C)=O)c(CCCC)c1. The molecule has 0 radical (unpaired) electrons. The zero-order chi connectivity index (χ0) is 15.7. The Labute approximate surface area is 131 Å². The molecule has 0 N–H and O–H groups in total. The van der Waals surface area contributed by atoms with Gasteiger partial charge in [-0.3, -0.25) is 4.79 Å². The van der Waals surface area contributed by atoms with E-state index in [4.69, 9.17) is 0 Å². The number of rotatable bonds is 10. The lowest BCUT2D eigenvalue weighted by molar-refractivity contribution is 0.101. The highest BCUT2D eigenvalue weighted by atomic mass is 16.1. The quantitative estimate of drug-likeness (QED) is 0.489. The minimum Gasteiger partial charge on any atom is -0.294 e. The molecule has 0 aromatic heterocycles. The molecule has 0 aliphatic rings. The van der Waals surface area contributed by atoms with Crippen LogP contribution in [0.4, 0.5) is 0 Å². The minimum absolute atomic E-state index is 0.245.